The summed E-state index contributed by atoms with van der Waals surface area (Å²) in [6.45, 7) is 3.27. The molecule has 1 atom stereocenters. The fourth-order valence-corrected chi connectivity index (χ4v) is 6.45. The molecule has 2 aliphatic heterocycles. The highest BCUT2D eigenvalue weighted by Crippen LogP contribution is 2.39. The SMILES string of the molecule is O=S(=O)(Nc1nccs1)c1c(F)cc(N2CCC(C3CCNCC3)C2)c(Cl)c1F. The number of nitrogens with one attached hydrogen (secondary N) is 2. The van der Waals surface area contributed by atoms with Crippen LogP contribution in [0.3, 0.4) is 0 Å². The molecule has 0 bridgehead atoms. The Bertz CT molecular complexity index is 982. The molecule has 2 aromatic rings. The van der Waals surface area contributed by atoms with Crippen LogP contribution in [0.2, 0.25) is 5.02 Å². The number of nitrogens with zero attached hydrogens (tertiary/aromatic N) is 2. The van der Waals surface area contributed by atoms with Gasteiger partial charge in [0.05, 0.1) is 5.69 Å². The molecule has 2 fully saturated rings. The van der Waals surface area contributed by atoms with Crippen molar-refractivity contribution in [3.63, 3.8) is 0 Å². The highest BCUT2D eigenvalue weighted by atomic mass is 35.5. The van der Waals surface area contributed by atoms with E-state index in [1.807, 2.05) is 4.90 Å². The molecule has 4 rings (SSSR count). The van der Waals surface area contributed by atoms with Crippen molar-refractivity contribution in [3.8, 4) is 0 Å². The van der Waals surface area contributed by atoms with Crippen molar-refractivity contribution in [2.24, 2.45) is 11.8 Å². The summed E-state index contributed by atoms with van der Waals surface area (Å²) in [4.78, 5) is 4.55. The zero-order chi connectivity index (χ0) is 20.6. The number of anilines is 2. The molecule has 2 aliphatic rings. The molecular weight excluding hydrogens is 442 g/mol. The lowest BCUT2D eigenvalue weighted by molar-refractivity contribution is 0.276. The molecule has 2 N–H and O–H groups in total. The summed E-state index contributed by atoms with van der Waals surface area (Å²) >= 11 is 7.18. The van der Waals surface area contributed by atoms with Gasteiger partial charge in [0.25, 0.3) is 10.0 Å². The quantitative estimate of drug-likeness (QED) is 0.663. The number of aromatic nitrogens is 1. The Balaban J connectivity index is 1.59. The average molecular weight is 463 g/mol. The maximum atomic E-state index is 14.9. The van der Waals surface area contributed by atoms with Gasteiger partial charge >= 0.3 is 0 Å². The molecule has 2 saturated heterocycles. The van der Waals surface area contributed by atoms with E-state index < -0.39 is 26.6 Å². The molecule has 0 radical (unpaired) electrons. The van der Waals surface area contributed by atoms with Gasteiger partial charge in [-0.1, -0.05) is 11.6 Å². The maximum Gasteiger partial charge on any atom is 0.269 e. The molecule has 0 spiro atoms. The first-order valence-corrected chi connectivity index (χ1v) is 12.2. The molecule has 29 heavy (non-hydrogen) atoms. The summed E-state index contributed by atoms with van der Waals surface area (Å²) < 4.78 is 56.7. The number of rotatable bonds is 5. The van der Waals surface area contributed by atoms with Gasteiger partial charge in [0.2, 0.25) is 0 Å². The highest BCUT2D eigenvalue weighted by molar-refractivity contribution is 7.93. The van der Waals surface area contributed by atoms with Crippen LogP contribution in [0, 0.1) is 23.5 Å². The van der Waals surface area contributed by atoms with Crippen molar-refractivity contribution in [2.45, 2.75) is 24.2 Å². The van der Waals surface area contributed by atoms with Crippen LogP contribution in [-0.4, -0.2) is 39.6 Å². The Morgan fingerprint density at radius 3 is 2.69 bits per heavy atom. The maximum absolute atomic E-state index is 14.9. The van der Waals surface area contributed by atoms with Gasteiger partial charge in [-0.05, 0) is 44.2 Å². The smallest absolute Gasteiger partial charge is 0.269 e. The van der Waals surface area contributed by atoms with Crippen molar-refractivity contribution in [3.05, 3.63) is 34.3 Å². The Morgan fingerprint density at radius 1 is 1.24 bits per heavy atom. The topological polar surface area (TPSA) is 74.3 Å². The minimum Gasteiger partial charge on any atom is -0.370 e. The average Bonchev–Trinajstić information content (AvgIpc) is 3.37. The second-order valence-corrected chi connectivity index (χ2v) is 10.3. The second kappa shape index (κ2) is 8.33. The highest BCUT2D eigenvalue weighted by Gasteiger charge is 2.34. The lowest BCUT2D eigenvalue weighted by Crippen LogP contribution is -2.33. The summed E-state index contributed by atoms with van der Waals surface area (Å²) in [6.07, 6.45) is 4.50. The predicted octanol–water partition coefficient (Wildman–Crippen LogP) is 3.70. The number of piperidine rings is 1. The minimum absolute atomic E-state index is 0.0216. The van der Waals surface area contributed by atoms with Gasteiger partial charge in [-0.3, -0.25) is 4.72 Å². The van der Waals surface area contributed by atoms with Gasteiger partial charge in [-0.2, -0.15) is 0 Å². The summed E-state index contributed by atoms with van der Waals surface area (Å²) in [5.41, 5.74) is 0.200. The number of hydrogen-bond acceptors (Lipinski definition) is 6. The Kier molecular flexibility index (Phi) is 5.97. The Hall–Kier alpha value is -1.49. The third kappa shape index (κ3) is 4.21. The molecule has 1 aromatic carbocycles. The van der Waals surface area contributed by atoms with E-state index in [2.05, 4.69) is 15.0 Å². The largest absolute Gasteiger partial charge is 0.370 e. The first-order valence-electron chi connectivity index (χ1n) is 9.42. The Morgan fingerprint density at radius 2 is 2.00 bits per heavy atom. The van der Waals surface area contributed by atoms with E-state index in [0.29, 0.717) is 24.9 Å². The zero-order valence-corrected chi connectivity index (χ0v) is 17.9. The molecule has 6 nitrogen and oxygen atoms in total. The fourth-order valence-electron chi connectivity index (χ4n) is 4.19. The molecule has 1 unspecified atom stereocenters. The molecule has 3 heterocycles. The van der Waals surface area contributed by atoms with Crippen LogP contribution in [0.1, 0.15) is 19.3 Å². The second-order valence-electron chi connectivity index (χ2n) is 7.36. The zero-order valence-electron chi connectivity index (χ0n) is 15.5. The van der Waals surface area contributed by atoms with Gasteiger partial charge in [-0.25, -0.2) is 22.2 Å². The third-order valence-electron chi connectivity index (χ3n) is 5.64. The van der Waals surface area contributed by atoms with Crippen LogP contribution in [0.15, 0.2) is 22.5 Å². The van der Waals surface area contributed by atoms with Crippen LogP contribution >= 0.6 is 22.9 Å². The van der Waals surface area contributed by atoms with E-state index >= 15 is 0 Å². The normalized spacial score (nSPS) is 20.9. The van der Waals surface area contributed by atoms with Crippen LogP contribution in [-0.2, 0) is 10.0 Å². The fraction of sp³-hybridized carbons (Fsp3) is 0.500. The van der Waals surface area contributed by atoms with Gasteiger partial charge in [0, 0.05) is 30.7 Å². The van der Waals surface area contributed by atoms with E-state index in [1.165, 1.54) is 6.20 Å². The molecule has 158 valence electrons. The van der Waals surface area contributed by atoms with Crippen LogP contribution in [0.4, 0.5) is 19.6 Å². The summed E-state index contributed by atoms with van der Waals surface area (Å²) in [5.74, 6) is -1.43. The van der Waals surface area contributed by atoms with Crippen LogP contribution in [0.5, 0.6) is 0 Å². The monoisotopic (exact) mass is 462 g/mol. The van der Waals surface area contributed by atoms with E-state index in [9.17, 15) is 17.2 Å². The van der Waals surface area contributed by atoms with Gasteiger partial charge in [0.15, 0.2) is 15.8 Å². The predicted molar refractivity (Wildman–Crippen MR) is 110 cm³/mol. The standard InChI is InChI=1S/C18H21ClF2N4O2S2/c19-15-14(25-7-3-12(10-25)11-1-4-22-5-2-11)9-13(20)17(16(15)21)29(26,27)24-18-23-6-8-28-18/h6,8-9,11-12,22H,1-5,7,10H2,(H,23,24). The van der Waals surface area contributed by atoms with E-state index in [0.717, 1.165) is 49.8 Å². The molecule has 0 amide bonds. The summed E-state index contributed by atoms with van der Waals surface area (Å²) in [7, 11) is -4.50. The van der Waals surface area contributed by atoms with Gasteiger partial charge in [-0.15, -0.1) is 11.3 Å². The van der Waals surface area contributed by atoms with E-state index in [-0.39, 0.29) is 15.8 Å². The molecule has 0 saturated carbocycles. The first kappa shape index (κ1) is 20.8. The molecular formula is C18H21ClF2N4O2S2. The van der Waals surface area contributed by atoms with Crippen molar-refractivity contribution < 1.29 is 17.2 Å². The minimum atomic E-state index is -4.50. The van der Waals surface area contributed by atoms with Crippen molar-refractivity contribution in [1.82, 2.24) is 10.3 Å². The number of hydrogen-bond donors (Lipinski definition) is 2. The number of sulfonamides is 1. The van der Waals surface area contributed by atoms with Gasteiger partial charge < -0.3 is 10.2 Å². The number of benzene rings is 1. The van der Waals surface area contributed by atoms with Crippen molar-refractivity contribution in [2.75, 3.05) is 35.8 Å². The van der Waals surface area contributed by atoms with Crippen LogP contribution < -0.4 is 14.9 Å². The lowest BCUT2D eigenvalue weighted by atomic mass is 9.84. The first-order chi connectivity index (χ1) is 13.9. The van der Waals surface area contributed by atoms with Gasteiger partial charge in [0.1, 0.15) is 10.8 Å². The van der Waals surface area contributed by atoms with E-state index in [1.54, 1.807) is 5.38 Å². The number of halogens is 3. The summed E-state index contributed by atoms with van der Waals surface area (Å²) in [6, 6.07) is 1.02. The lowest BCUT2D eigenvalue weighted by Gasteiger charge is -2.28. The number of thiazole rings is 1. The summed E-state index contributed by atoms with van der Waals surface area (Å²) in [5, 5.41) is 4.53. The van der Waals surface area contributed by atoms with E-state index in [4.69, 9.17) is 11.6 Å². The molecule has 0 aliphatic carbocycles. The van der Waals surface area contributed by atoms with Crippen molar-refractivity contribution >= 4 is 43.8 Å². The van der Waals surface area contributed by atoms with Crippen LogP contribution in [0.25, 0.3) is 0 Å². The third-order valence-corrected chi connectivity index (χ3v) is 8.19. The molecule has 1 aromatic heterocycles. The Labute approximate surface area is 177 Å². The molecule has 11 heteroatoms. The van der Waals surface area contributed by atoms with Crippen molar-refractivity contribution in [1.29, 1.82) is 0 Å².